The zero-order valence-electron chi connectivity index (χ0n) is 9.91. The lowest BCUT2D eigenvalue weighted by atomic mass is 10.1. The van der Waals surface area contributed by atoms with Gasteiger partial charge in [-0.3, -0.25) is 0 Å². The molecule has 0 aliphatic carbocycles. The second-order valence-electron chi connectivity index (χ2n) is 3.35. The molecule has 0 aromatic heterocycles. The third-order valence-electron chi connectivity index (χ3n) is 2.23. The normalized spacial score (nSPS) is 11.2. The van der Waals surface area contributed by atoms with E-state index in [0.29, 0.717) is 11.5 Å². The lowest BCUT2D eigenvalue weighted by Gasteiger charge is -2.06. The predicted molar refractivity (Wildman–Crippen MR) is 64.7 cm³/mol. The van der Waals surface area contributed by atoms with E-state index in [4.69, 9.17) is 15.2 Å². The third kappa shape index (κ3) is 3.18. The summed E-state index contributed by atoms with van der Waals surface area (Å²) in [6, 6.07) is 5.48. The van der Waals surface area contributed by atoms with Crippen LogP contribution in [0.25, 0.3) is 0 Å². The first-order valence-electron chi connectivity index (χ1n) is 5.20. The SMILES string of the molecule is CCC(N)C#Cc1ccc(OC)c(OC)c1. The lowest BCUT2D eigenvalue weighted by Crippen LogP contribution is -2.15. The van der Waals surface area contributed by atoms with Crippen LogP contribution in [-0.2, 0) is 0 Å². The summed E-state index contributed by atoms with van der Waals surface area (Å²) in [6.45, 7) is 2.01. The molecule has 0 heterocycles. The molecule has 16 heavy (non-hydrogen) atoms. The largest absolute Gasteiger partial charge is 0.493 e. The Morgan fingerprint density at radius 3 is 2.50 bits per heavy atom. The van der Waals surface area contributed by atoms with Crippen LogP contribution in [0.1, 0.15) is 18.9 Å². The zero-order chi connectivity index (χ0) is 12.0. The van der Waals surface area contributed by atoms with Crippen molar-refractivity contribution >= 4 is 0 Å². The summed E-state index contributed by atoms with van der Waals surface area (Å²) in [5.41, 5.74) is 6.59. The van der Waals surface area contributed by atoms with E-state index in [0.717, 1.165) is 12.0 Å². The van der Waals surface area contributed by atoms with Crippen molar-refractivity contribution in [2.24, 2.45) is 5.73 Å². The number of ether oxygens (including phenoxy) is 2. The fourth-order valence-electron chi connectivity index (χ4n) is 1.19. The van der Waals surface area contributed by atoms with Gasteiger partial charge in [-0.1, -0.05) is 18.8 Å². The Bertz CT molecular complexity index is 404. The van der Waals surface area contributed by atoms with Gasteiger partial charge in [-0.15, -0.1) is 0 Å². The molecular formula is C13H17NO2. The molecule has 0 aliphatic rings. The van der Waals surface area contributed by atoms with Gasteiger partial charge in [0.15, 0.2) is 11.5 Å². The van der Waals surface area contributed by atoms with Crippen molar-refractivity contribution in [3.8, 4) is 23.3 Å². The van der Waals surface area contributed by atoms with Crippen LogP contribution in [-0.4, -0.2) is 20.3 Å². The van der Waals surface area contributed by atoms with Gasteiger partial charge < -0.3 is 15.2 Å². The summed E-state index contributed by atoms with van der Waals surface area (Å²) in [7, 11) is 3.21. The summed E-state index contributed by atoms with van der Waals surface area (Å²) >= 11 is 0. The highest BCUT2D eigenvalue weighted by atomic mass is 16.5. The molecule has 0 saturated heterocycles. The molecule has 1 rings (SSSR count). The number of hydrogen-bond acceptors (Lipinski definition) is 3. The Kier molecular flexibility index (Phi) is 4.68. The van der Waals surface area contributed by atoms with Crippen LogP contribution < -0.4 is 15.2 Å². The first-order chi connectivity index (χ1) is 7.71. The van der Waals surface area contributed by atoms with Gasteiger partial charge in [-0.05, 0) is 24.6 Å². The Balaban J connectivity index is 2.93. The summed E-state index contributed by atoms with van der Waals surface area (Å²) in [6.07, 6.45) is 0.848. The number of benzene rings is 1. The van der Waals surface area contributed by atoms with Crippen LogP contribution >= 0.6 is 0 Å². The lowest BCUT2D eigenvalue weighted by molar-refractivity contribution is 0.355. The molecule has 0 amide bonds. The fraction of sp³-hybridized carbons (Fsp3) is 0.385. The van der Waals surface area contributed by atoms with Crippen molar-refractivity contribution < 1.29 is 9.47 Å². The summed E-state index contributed by atoms with van der Waals surface area (Å²) in [5, 5.41) is 0. The molecule has 0 bridgehead atoms. The fourth-order valence-corrected chi connectivity index (χ4v) is 1.19. The summed E-state index contributed by atoms with van der Waals surface area (Å²) in [4.78, 5) is 0. The smallest absolute Gasteiger partial charge is 0.161 e. The second-order valence-corrected chi connectivity index (χ2v) is 3.35. The molecule has 3 nitrogen and oxygen atoms in total. The first kappa shape index (κ1) is 12.4. The van der Waals surface area contributed by atoms with Crippen molar-refractivity contribution in [3.63, 3.8) is 0 Å². The number of nitrogens with two attached hydrogens (primary N) is 1. The molecule has 0 aliphatic heterocycles. The molecule has 1 unspecified atom stereocenters. The van der Waals surface area contributed by atoms with Gasteiger partial charge in [0.05, 0.1) is 20.3 Å². The van der Waals surface area contributed by atoms with Gasteiger partial charge in [-0.2, -0.15) is 0 Å². The topological polar surface area (TPSA) is 44.5 Å². The Morgan fingerprint density at radius 2 is 1.94 bits per heavy atom. The monoisotopic (exact) mass is 219 g/mol. The molecule has 2 N–H and O–H groups in total. The molecule has 1 atom stereocenters. The zero-order valence-corrected chi connectivity index (χ0v) is 9.91. The van der Waals surface area contributed by atoms with Crippen LogP contribution in [0.15, 0.2) is 18.2 Å². The Hall–Kier alpha value is -1.66. The second kappa shape index (κ2) is 6.04. The predicted octanol–water partition coefficient (Wildman–Crippen LogP) is 1.79. The van der Waals surface area contributed by atoms with Crippen molar-refractivity contribution in [2.45, 2.75) is 19.4 Å². The Morgan fingerprint density at radius 1 is 1.25 bits per heavy atom. The quantitative estimate of drug-likeness (QED) is 0.788. The molecule has 0 fully saturated rings. The highest BCUT2D eigenvalue weighted by Gasteiger charge is 2.02. The molecule has 3 heteroatoms. The van der Waals surface area contributed by atoms with Gasteiger partial charge in [0.2, 0.25) is 0 Å². The number of rotatable bonds is 3. The van der Waals surface area contributed by atoms with Gasteiger partial charge in [0.25, 0.3) is 0 Å². The third-order valence-corrected chi connectivity index (χ3v) is 2.23. The van der Waals surface area contributed by atoms with Crippen LogP contribution in [0, 0.1) is 11.8 Å². The van der Waals surface area contributed by atoms with E-state index in [1.807, 2.05) is 25.1 Å². The standard InChI is InChI=1S/C13H17NO2/c1-4-11(14)7-5-10-6-8-12(15-2)13(9-10)16-3/h6,8-9,11H,4,14H2,1-3H3. The first-order valence-corrected chi connectivity index (χ1v) is 5.20. The maximum Gasteiger partial charge on any atom is 0.161 e. The van der Waals surface area contributed by atoms with Crippen LogP contribution in [0.2, 0.25) is 0 Å². The average Bonchev–Trinajstić information content (AvgIpc) is 2.35. The van der Waals surface area contributed by atoms with E-state index in [1.165, 1.54) is 0 Å². The van der Waals surface area contributed by atoms with Crippen molar-refractivity contribution in [1.29, 1.82) is 0 Å². The molecule has 0 saturated carbocycles. The molecular weight excluding hydrogens is 202 g/mol. The minimum Gasteiger partial charge on any atom is -0.493 e. The highest BCUT2D eigenvalue weighted by Crippen LogP contribution is 2.27. The van der Waals surface area contributed by atoms with Crippen LogP contribution in [0.4, 0.5) is 0 Å². The van der Waals surface area contributed by atoms with Gasteiger partial charge in [-0.25, -0.2) is 0 Å². The minimum atomic E-state index is -0.0758. The van der Waals surface area contributed by atoms with E-state index in [9.17, 15) is 0 Å². The van der Waals surface area contributed by atoms with Gasteiger partial charge in [0.1, 0.15) is 0 Å². The molecule has 86 valence electrons. The van der Waals surface area contributed by atoms with Crippen molar-refractivity contribution in [2.75, 3.05) is 14.2 Å². The molecule has 1 aromatic rings. The van der Waals surface area contributed by atoms with E-state index < -0.39 is 0 Å². The average molecular weight is 219 g/mol. The minimum absolute atomic E-state index is 0.0758. The number of hydrogen-bond donors (Lipinski definition) is 1. The van der Waals surface area contributed by atoms with Gasteiger partial charge >= 0.3 is 0 Å². The van der Waals surface area contributed by atoms with Crippen molar-refractivity contribution in [1.82, 2.24) is 0 Å². The summed E-state index contributed by atoms with van der Waals surface area (Å²) < 4.78 is 10.3. The van der Waals surface area contributed by atoms with E-state index in [1.54, 1.807) is 14.2 Å². The van der Waals surface area contributed by atoms with E-state index in [-0.39, 0.29) is 6.04 Å². The molecule has 0 spiro atoms. The van der Waals surface area contributed by atoms with Crippen LogP contribution in [0.3, 0.4) is 0 Å². The Labute approximate surface area is 96.6 Å². The maximum absolute atomic E-state index is 5.72. The van der Waals surface area contributed by atoms with Crippen LogP contribution in [0.5, 0.6) is 11.5 Å². The van der Waals surface area contributed by atoms with E-state index >= 15 is 0 Å². The molecule has 1 aromatic carbocycles. The number of methoxy groups -OCH3 is 2. The van der Waals surface area contributed by atoms with Crippen molar-refractivity contribution in [3.05, 3.63) is 23.8 Å². The summed E-state index contributed by atoms with van der Waals surface area (Å²) in [5.74, 6) is 7.36. The molecule has 0 radical (unpaired) electrons. The highest BCUT2D eigenvalue weighted by molar-refractivity contribution is 5.48. The van der Waals surface area contributed by atoms with E-state index in [2.05, 4.69) is 11.8 Å². The van der Waals surface area contributed by atoms with Gasteiger partial charge in [0, 0.05) is 5.56 Å². The maximum atomic E-state index is 5.72.